The van der Waals surface area contributed by atoms with Crippen molar-refractivity contribution in [2.75, 3.05) is 18.4 Å². The topological polar surface area (TPSA) is 16.1 Å². The predicted molar refractivity (Wildman–Crippen MR) is 77.3 cm³/mol. The molecule has 0 saturated heterocycles. The maximum atomic E-state index is 4.06. The largest absolute Gasteiger partial charge is 0.299 e. The van der Waals surface area contributed by atoms with E-state index in [4.69, 9.17) is 0 Å². The van der Waals surface area contributed by atoms with Crippen LogP contribution < -0.4 is 0 Å². The summed E-state index contributed by atoms with van der Waals surface area (Å²) in [6, 6.07) is 4.20. The minimum atomic E-state index is 0.719. The van der Waals surface area contributed by atoms with Gasteiger partial charge in [-0.1, -0.05) is 36.7 Å². The van der Waals surface area contributed by atoms with Crippen molar-refractivity contribution in [3.63, 3.8) is 0 Å². The normalized spacial score (nSPS) is 13.3. The number of nitrogens with zero attached hydrogens (tertiary/aromatic N) is 2. The summed E-state index contributed by atoms with van der Waals surface area (Å²) in [5.74, 6) is 1.44. The van der Waals surface area contributed by atoms with Gasteiger partial charge in [0, 0.05) is 30.8 Å². The highest BCUT2D eigenvalue weighted by atomic mass is 79.9. The molecule has 2 nitrogen and oxygen atoms in total. The minimum Gasteiger partial charge on any atom is -0.299 e. The molecule has 0 N–H and O–H groups in total. The van der Waals surface area contributed by atoms with Crippen molar-refractivity contribution >= 4 is 15.9 Å². The number of halogens is 1. The molecule has 0 bridgehead atoms. The van der Waals surface area contributed by atoms with Crippen LogP contribution in [0.5, 0.6) is 0 Å². The van der Waals surface area contributed by atoms with Crippen molar-refractivity contribution in [1.29, 1.82) is 0 Å². The highest BCUT2D eigenvalue weighted by Gasteiger charge is 2.15. The van der Waals surface area contributed by atoms with Crippen LogP contribution in [0.25, 0.3) is 0 Å². The van der Waals surface area contributed by atoms with Gasteiger partial charge in [-0.15, -0.1) is 0 Å². The third-order valence-corrected chi connectivity index (χ3v) is 4.07. The first kappa shape index (κ1) is 14.7. The molecule has 0 aliphatic heterocycles. The molecule has 17 heavy (non-hydrogen) atoms. The number of rotatable bonds is 7. The third kappa shape index (κ3) is 5.17. The lowest BCUT2D eigenvalue weighted by Gasteiger charge is -2.27. The van der Waals surface area contributed by atoms with Gasteiger partial charge in [0.2, 0.25) is 0 Å². The van der Waals surface area contributed by atoms with Gasteiger partial charge in [0.15, 0.2) is 0 Å². The van der Waals surface area contributed by atoms with Crippen LogP contribution in [0.4, 0.5) is 0 Å². The number of pyridine rings is 1. The summed E-state index contributed by atoms with van der Waals surface area (Å²) in [6.45, 7) is 10.1. The summed E-state index contributed by atoms with van der Waals surface area (Å²) in [4.78, 5) is 6.56. The molecule has 1 rings (SSSR count). The fourth-order valence-electron chi connectivity index (χ4n) is 1.82. The van der Waals surface area contributed by atoms with Crippen LogP contribution in [0.15, 0.2) is 24.5 Å². The molecule has 0 aliphatic rings. The lowest BCUT2D eigenvalue weighted by atomic mass is 9.97. The Balaban J connectivity index is 2.54. The van der Waals surface area contributed by atoms with Gasteiger partial charge >= 0.3 is 0 Å². The lowest BCUT2D eigenvalue weighted by Crippen LogP contribution is -2.32. The Labute approximate surface area is 114 Å². The summed E-state index contributed by atoms with van der Waals surface area (Å²) in [5.41, 5.74) is 1.35. The van der Waals surface area contributed by atoms with E-state index in [2.05, 4.69) is 58.7 Å². The van der Waals surface area contributed by atoms with Crippen LogP contribution >= 0.6 is 15.9 Å². The minimum absolute atomic E-state index is 0.719. The van der Waals surface area contributed by atoms with Crippen LogP contribution in [-0.4, -0.2) is 28.3 Å². The van der Waals surface area contributed by atoms with Gasteiger partial charge in [-0.05, 0) is 36.1 Å². The predicted octanol–water partition coefficient (Wildman–Crippen LogP) is 3.57. The van der Waals surface area contributed by atoms with E-state index < -0.39 is 0 Å². The Morgan fingerprint density at radius 3 is 2.41 bits per heavy atom. The summed E-state index contributed by atoms with van der Waals surface area (Å²) in [5, 5.41) is 1.08. The monoisotopic (exact) mass is 298 g/mol. The second-order valence-electron chi connectivity index (χ2n) is 4.84. The number of alkyl halides is 1. The molecular formula is C14H23BrN2. The third-order valence-electron chi connectivity index (χ3n) is 3.24. The Hall–Kier alpha value is -0.410. The van der Waals surface area contributed by atoms with Gasteiger partial charge < -0.3 is 0 Å². The van der Waals surface area contributed by atoms with Gasteiger partial charge in [-0.25, -0.2) is 0 Å². The second kappa shape index (κ2) is 7.83. The average molecular weight is 299 g/mol. The van der Waals surface area contributed by atoms with Crippen LogP contribution in [-0.2, 0) is 6.54 Å². The summed E-state index contributed by atoms with van der Waals surface area (Å²) in [7, 11) is 0. The molecule has 1 atom stereocenters. The van der Waals surface area contributed by atoms with Crippen LogP contribution in [0.2, 0.25) is 0 Å². The maximum Gasteiger partial charge on any atom is 0.0271 e. The van der Waals surface area contributed by atoms with E-state index in [-0.39, 0.29) is 0 Å². The molecule has 96 valence electrons. The van der Waals surface area contributed by atoms with Crippen molar-refractivity contribution in [2.45, 2.75) is 27.3 Å². The van der Waals surface area contributed by atoms with E-state index in [1.807, 2.05) is 12.4 Å². The zero-order valence-electron chi connectivity index (χ0n) is 11.1. The molecule has 1 aromatic rings. The van der Waals surface area contributed by atoms with E-state index in [9.17, 15) is 0 Å². The van der Waals surface area contributed by atoms with Gasteiger partial charge in [0.25, 0.3) is 0 Å². The number of hydrogen-bond acceptors (Lipinski definition) is 2. The van der Waals surface area contributed by atoms with Crippen molar-refractivity contribution in [2.24, 2.45) is 11.8 Å². The highest BCUT2D eigenvalue weighted by molar-refractivity contribution is 9.09. The molecular weight excluding hydrogens is 276 g/mol. The van der Waals surface area contributed by atoms with E-state index in [1.54, 1.807) is 0 Å². The van der Waals surface area contributed by atoms with Crippen molar-refractivity contribution < 1.29 is 0 Å². The van der Waals surface area contributed by atoms with Gasteiger partial charge in [0.1, 0.15) is 0 Å². The smallest absolute Gasteiger partial charge is 0.0271 e. The van der Waals surface area contributed by atoms with Crippen LogP contribution in [0.3, 0.4) is 0 Å². The molecule has 3 heteroatoms. The molecule has 0 aliphatic carbocycles. The Kier molecular flexibility index (Phi) is 6.75. The van der Waals surface area contributed by atoms with Gasteiger partial charge in [-0.3, -0.25) is 9.88 Å². The first-order valence-electron chi connectivity index (χ1n) is 6.34. The van der Waals surface area contributed by atoms with E-state index in [1.165, 1.54) is 5.56 Å². The van der Waals surface area contributed by atoms with Crippen LogP contribution in [0, 0.1) is 11.8 Å². The summed E-state index contributed by atoms with van der Waals surface area (Å²) in [6.07, 6.45) is 3.74. The van der Waals surface area contributed by atoms with Crippen molar-refractivity contribution in [1.82, 2.24) is 9.88 Å². The SMILES string of the molecule is CCN(Cc1ccncc1)CC(CBr)C(C)C. The fraction of sp³-hybridized carbons (Fsp3) is 0.643. The first-order valence-corrected chi connectivity index (χ1v) is 7.46. The highest BCUT2D eigenvalue weighted by Crippen LogP contribution is 2.16. The summed E-state index contributed by atoms with van der Waals surface area (Å²) < 4.78 is 0. The Morgan fingerprint density at radius 2 is 1.94 bits per heavy atom. The second-order valence-corrected chi connectivity index (χ2v) is 5.49. The van der Waals surface area contributed by atoms with E-state index in [0.717, 1.165) is 36.8 Å². The molecule has 0 fully saturated rings. The molecule has 0 amide bonds. The molecule has 0 aromatic carbocycles. The first-order chi connectivity index (χ1) is 8.17. The molecule has 0 radical (unpaired) electrons. The Morgan fingerprint density at radius 1 is 1.29 bits per heavy atom. The lowest BCUT2D eigenvalue weighted by molar-refractivity contribution is 0.216. The molecule has 1 heterocycles. The maximum absolute atomic E-state index is 4.06. The van der Waals surface area contributed by atoms with Gasteiger partial charge in [0.05, 0.1) is 0 Å². The number of aromatic nitrogens is 1. The van der Waals surface area contributed by atoms with Crippen molar-refractivity contribution in [3.8, 4) is 0 Å². The van der Waals surface area contributed by atoms with E-state index >= 15 is 0 Å². The zero-order chi connectivity index (χ0) is 12.7. The molecule has 0 saturated carbocycles. The Bertz CT molecular complexity index is 300. The van der Waals surface area contributed by atoms with Crippen LogP contribution in [0.1, 0.15) is 26.3 Å². The van der Waals surface area contributed by atoms with Gasteiger partial charge in [-0.2, -0.15) is 0 Å². The molecule has 1 unspecified atom stereocenters. The van der Waals surface area contributed by atoms with E-state index in [0.29, 0.717) is 0 Å². The molecule has 1 aromatic heterocycles. The average Bonchev–Trinajstić information content (AvgIpc) is 2.35. The fourth-order valence-corrected chi connectivity index (χ4v) is 2.77. The van der Waals surface area contributed by atoms with Crippen molar-refractivity contribution in [3.05, 3.63) is 30.1 Å². The molecule has 0 spiro atoms. The quantitative estimate of drug-likeness (QED) is 0.716. The zero-order valence-corrected chi connectivity index (χ0v) is 12.7. The standard InChI is InChI=1S/C14H23BrN2/c1-4-17(11-14(9-15)12(2)3)10-13-5-7-16-8-6-13/h5-8,12,14H,4,9-11H2,1-3H3. The number of hydrogen-bond donors (Lipinski definition) is 0. The summed E-state index contributed by atoms with van der Waals surface area (Å²) >= 11 is 3.62.